The van der Waals surface area contributed by atoms with E-state index in [-0.39, 0.29) is 6.61 Å². The van der Waals surface area contributed by atoms with Crippen LogP contribution in [0.5, 0.6) is 0 Å². The zero-order valence-electron chi connectivity index (χ0n) is 14.9. The Labute approximate surface area is 148 Å². The minimum absolute atomic E-state index is 0.194. The summed E-state index contributed by atoms with van der Waals surface area (Å²) in [5.74, 6) is 1.40. The number of aliphatic hydroxyl groups is 1. The molecule has 0 unspecified atom stereocenters. The number of hydrogen-bond donors (Lipinski definition) is 3. The van der Waals surface area contributed by atoms with Crippen LogP contribution in [0.1, 0.15) is 11.1 Å². The van der Waals surface area contributed by atoms with Gasteiger partial charge in [0.1, 0.15) is 12.0 Å². The third-order valence-electron chi connectivity index (χ3n) is 4.59. The number of β-amino-alcohol motifs (C(OH)–C–C–N with tert-alkyl or cyclic N) is 1. The van der Waals surface area contributed by atoms with Gasteiger partial charge in [-0.05, 0) is 25.5 Å². The number of hydrogen-bond acceptors (Lipinski definition) is 7. The van der Waals surface area contributed by atoms with Crippen molar-refractivity contribution in [1.82, 2.24) is 14.9 Å². The summed E-state index contributed by atoms with van der Waals surface area (Å²) in [6.07, 6.45) is 1.55. The molecule has 2 aromatic rings. The molecule has 1 aliphatic rings. The van der Waals surface area contributed by atoms with E-state index >= 15 is 0 Å². The molecule has 4 N–H and O–H groups in total. The quantitative estimate of drug-likeness (QED) is 0.759. The molecule has 7 nitrogen and oxygen atoms in total. The van der Waals surface area contributed by atoms with Gasteiger partial charge in [0.15, 0.2) is 11.6 Å². The van der Waals surface area contributed by atoms with Gasteiger partial charge in [0.25, 0.3) is 0 Å². The molecule has 3 rings (SSSR count). The summed E-state index contributed by atoms with van der Waals surface area (Å²) >= 11 is 0. The van der Waals surface area contributed by atoms with E-state index in [9.17, 15) is 0 Å². The second-order valence-electron chi connectivity index (χ2n) is 6.46. The number of nitrogens with zero attached hydrogens (tertiary/aromatic N) is 4. The minimum Gasteiger partial charge on any atom is -0.395 e. The van der Waals surface area contributed by atoms with E-state index < -0.39 is 0 Å². The number of nitrogens with two attached hydrogens (primary N) is 1. The summed E-state index contributed by atoms with van der Waals surface area (Å²) in [4.78, 5) is 13.1. The molecule has 2 heterocycles. The highest BCUT2D eigenvalue weighted by Gasteiger charge is 2.21. The van der Waals surface area contributed by atoms with E-state index in [0.29, 0.717) is 18.1 Å². The predicted molar refractivity (Wildman–Crippen MR) is 101 cm³/mol. The summed E-state index contributed by atoms with van der Waals surface area (Å²) < 4.78 is 0. The van der Waals surface area contributed by atoms with Crippen molar-refractivity contribution in [2.24, 2.45) is 0 Å². The SMILES string of the molecule is Cc1ccc(Nc2ncnc(N3CCN(CCO)CC3)c2N)c(C)c1. The predicted octanol–water partition coefficient (Wildman–Crippen LogP) is 1.53. The molecule has 0 radical (unpaired) electrons. The largest absolute Gasteiger partial charge is 0.395 e. The summed E-state index contributed by atoms with van der Waals surface area (Å²) in [7, 11) is 0. The average molecular weight is 342 g/mol. The second kappa shape index (κ2) is 7.67. The Morgan fingerprint density at radius 1 is 1.16 bits per heavy atom. The number of rotatable bonds is 5. The van der Waals surface area contributed by atoms with Crippen molar-refractivity contribution in [2.75, 3.05) is 55.3 Å². The van der Waals surface area contributed by atoms with E-state index in [4.69, 9.17) is 10.8 Å². The highest BCUT2D eigenvalue weighted by Crippen LogP contribution is 2.30. The first-order chi connectivity index (χ1) is 12.1. The lowest BCUT2D eigenvalue weighted by molar-refractivity contribution is 0.188. The number of nitrogen functional groups attached to an aromatic ring is 1. The molecule has 7 heteroatoms. The standard InChI is InChI=1S/C18H26N6O/c1-13-3-4-15(14(2)11-13)22-17-16(19)18(21-12-20-17)24-7-5-23(6-8-24)9-10-25/h3-4,11-12,25H,5-10,19H2,1-2H3,(H,20,21,22). The Bertz CT molecular complexity index is 728. The van der Waals surface area contributed by atoms with Gasteiger partial charge in [-0.15, -0.1) is 0 Å². The molecule has 1 fully saturated rings. The maximum absolute atomic E-state index is 9.06. The number of nitrogens with one attached hydrogen (secondary N) is 1. The minimum atomic E-state index is 0.194. The van der Waals surface area contributed by atoms with Crippen LogP contribution in [0.25, 0.3) is 0 Å². The molecule has 0 atom stereocenters. The summed E-state index contributed by atoms with van der Waals surface area (Å²) in [5.41, 5.74) is 10.3. The Hall–Kier alpha value is -2.38. The lowest BCUT2D eigenvalue weighted by atomic mass is 10.1. The van der Waals surface area contributed by atoms with E-state index in [1.165, 1.54) is 5.56 Å². The van der Waals surface area contributed by atoms with Gasteiger partial charge in [-0.3, -0.25) is 4.90 Å². The van der Waals surface area contributed by atoms with Gasteiger partial charge in [0.05, 0.1) is 6.61 Å². The first-order valence-corrected chi connectivity index (χ1v) is 8.61. The summed E-state index contributed by atoms with van der Waals surface area (Å²) in [6.45, 7) is 8.51. The normalized spacial score (nSPS) is 15.4. The molecule has 0 bridgehead atoms. The highest BCUT2D eigenvalue weighted by molar-refractivity contribution is 5.79. The average Bonchev–Trinajstić information content (AvgIpc) is 2.60. The lowest BCUT2D eigenvalue weighted by Gasteiger charge is -2.35. The van der Waals surface area contributed by atoms with Crippen LogP contribution in [0.4, 0.5) is 23.0 Å². The molecule has 1 aromatic carbocycles. The number of anilines is 4. The zero-order valence-corrected chi connectivity index (χ0v) is 14.9. The van der Waals surface area contributed by atoms with Crippen LogP contribution < -0.4 is 16.0 Å². The third kappa shape index (κ3) is 4.00. The van der Waals surface area contributed by atoms with Crippen molar-refractivity contribution >= 4 is 23.0 Å². The topological polar surface area (TPSA) is 90.5 Å². The fourth-order valence-electron chi connectivity index (χ4n) is 3.14. The van der Waals surface area contributed by atoms with E-state index in [1.807, 2.05) is 6.07 Å². The molecule has 0 amide bonds. The molecule has 0 saturated carbocycles. The molecule has 134 valence electrons. The van der Waals surface area contributed by atoms with Crippen molar-refractivity contribution in [2.45, 2.75) is 13.8 Å². The van der Waals surface area contributed by atoms with Gasteiger partial charge in [-0.1, -0.05) is 17.7 Å². The third-order valence-corrected chi connectivity index (χ3v) is 4.59. The van der Waals surface area contributed by atoms with Crippen molar-refractivity contribution in [3.05, 3.63) is 35.7 Å². The van der Waals surface area contributed by atoms with Crippen molar-refractivity contribution in [1.29, 1.82) is 0 Å². The monoisotopic (exact) mass is 342 g/mol. The lowest BCUT2D eigenvalue weighted by Crippen LogP contribution is -2.47. The fraction of sp³-hybridized carbons (Fsp3) is 0.444. The van der Waals surface area contributed by atoms with Gasteiger partial charge in [-0.2, -0.15) is 0 Å². The van der Waals surface area contributed by atoms with Crippen LogP contribution in [-0.2, 0) is 0 Å². The maximum atomic E-state index is 9.06. The van der Waals surface area contributed by atoms with E-state index in [2.05, 4.69) is 51.1 Å². The molecule has 1 aromatic heterocycles. The molecular formula is C18H26N6O. The first kappa shape index (κ1) is 17.4. The molecular weight excluding hydrogens is 316 g/mol. The smallest absolute Gasteiger partial charge is 0.159 e. The summed E-state index contributed by atoms with van der Waals surface area (Å²) in [5, 5.41) is 12.4. The number of aryl methyl sites for hydroxylation is 2. The number of aliphatic hydroxyl groups excluding tert-OH is 1. The fourth-order valence-corrected chi connectivity index (χ4v) is 3.14. The number of aromatic nitrogens is 2. The highest BCUT2D eigenvalue weighted by atomic mass is 16.3. The van der Waals surface area contributed by atoms with Gasteiger partial charge in [0, 0.05) is 38.4 Å². The van der Waals surface area contributed by atoms with Crippen LogP contribution in [0.2, 0.25) is 0 Å². The van der Waals surface area contributed by atoms with Gasteiger partial charge >= 0.3 is 0 Å². The van der Waals surface area contributed by atoms with Crippen LogP contribution in [0.3, 0.4) is 0 Å². The Morgan fingerprint density at radius 3 is 2.60 bits per heavy atom. The number of benzene rings is 1. The van der Waals surface area contributed by atoms with Crippen molar-refractivity contribution < 1.29 is 5.11 Å². The Kier molecular flexibility index (Phi) is 5.35. The van der Waals surface area contributed by atoms with Crippen molar-refractivity contribution in [3.63, 3.8) is 0 Å². The van der Waals surface area contributed by atoms with Crippen LogP contribution in [-0.4, -0.2) is 59.3 Å². The number of piperazine rings is 1. The van der Waals surface area contributed by atoms with Crippen LogP contribution >= 0.6 is 0 Å². The molecule has 0 aliphatic carbocycles. The van der Waals surface area contributed by atoms with E-state index in [0.717, 1.165) is 43.2 Å². The van der Waals surface area contributed by atoms with Crippen LogP contribution in [0, 0.1) is 13.8 Å². The van der Waals surface area contributed by atoms with Gasteiger partial charge in [-0.25, -0.2) is 9.97 Å². The summed E-state index contributed by atoms with van der Waals surface area (Å²) in [6, 6.07) is 6.23. The molecule has 1 aliphatic heterocycles. The Balaban J connectivity index is 1.76. The van der Waals surface area contributed by atoms with Gasteiger partial charge < -0.3 is 21.1 Å². The zero-order chi connectivity index (χ0) is 17.8. The Morgan fingerprint density at radius 2 is 1.92 bits per heavy atom. The second-order valence-corrected chi connectivity index (χ2v) is 6.46. The first-order valence-electron chi connectivity index (χ1n) is 8.61. The van der Waals surface area contributed by atoms with E-state index in [1.54, 1.807) is 6.33 Å². The van der Waals surface area contributed by atoms with Gasteiger partial charge in [0.2, 0.25) is 0 Å². The maximum Gasteiger partial charge on any atom is 0.159 e. The molecule has 1 saturated heterocycles. The van der Waals surface area contributed by atoms with Crippen LogP contribution in [0.15, 0.2) is 24.5 Å². The van der Waals surface area contributed by atoms with Crippen molar-refractivity contribution in [3.8, 4) is 0 Å². The molecule has 25 heavy (non-hydrogen) atoms. The molecule has 0 spiro atoms.